The fourth-order valence-corrected chi connectivity index (χ4v) is 4.16. The molecule has 0 aromatic rings. The van der Waals surface area contributed by atoms with Gasteiger partial charge in [-0.25, -0.2) is 8.42 Å². The summed E-state index contributed by atoms with van der Waals surface area (Å²) >= 11 is 0. The van der Waals surface area contributed by atoms with Gasteiger partial charge in [0.05, 0.1) is 11.5 Å². The Balaban J connectivity index is 2.41. The number of nitrogens with one attached hydrogen (secondary N) is 1. The zero-order valence-electron chi connectivity index (χ0n) is 9.12. The average molecular weight is 219 g/mol. The van der Waals surface area contributed by atoms with E-state index in [0.717, 1.165) is 25.9 Å². The van der Waals surface area contributed by atoms with Crippen LogP contribution in [0.2, 0.25) is 0 Å². The minimum absolute atomic E-state index is 0.247. The molecule has 1 rings (SSSR count). The highest BCUT2D eigenvalue weighted by atomic mass is 32.2. The largest absolute Gasteiger partial charge is 0.316 e. The molecule has 0 unspecified atom stereocenters. The standard InChI is InChI=1S/C10H21NO2S/c1-9(2)7-14(12,13)8-10-4-3-5-11-6-10/h9-11H,3-8H2,1-2H3/t10-/m1/s1. The highest BCUT2D eigenvalue weighted by molar-refractivity contribution is 7.91. The molecule has 0 radical (unpaired) electrons. The molecule has 1 saturated heterocycles. The predicted molar refractivity (Wildman–Crippen MR) is 59.1 cm³/mol. The van der Waals surface area contributed by atoms with Crippen LogP contribution in [-0.4, -0.2) is 33.0 Å². The maximum atomic E-state index is 11.7. The fraction of sp³-hybridized carbons (Fsp3) is 1.00. The number of rotatable bonds is 4. The minimum Gasteiger partial charge on any atom is -0.316 e. The van der Waals surface area contributed by atoms with Crippen LogP contribution in [0.3, 0.4) is 0 Å². The van der Waals surface area contributed by atoms with Gasteiger partial charge >= 0.3 is 0 Å². The van der Waals surface area contributed by atoms with Gasteiger partial charge in [0.2, 0.25) is 0 Å². The number of sulfone groups is 1. The molecule has 1 fully saturated rings. The van der Waals surface area contributed by atoms with Crippen molar-refractivity contribution in [2.24, 2.45) is 11.8 Å². The lowest BCUT2D eigenvalue weighted by Crippen LogP contribution is -2.34. The molecule has 0 bridgehead atoms. The van der Waals surface area contributed by atoms with Crippen molar-refractivity contribution in [2.75, 3.05) is 24.6 Å². The van der Waals surface area contributed by atoms with Gasteiger partial charge in [-0.05, 0) is 37.8 Å². The maximum absolute atomic E-state index is 11.7. The normalized spacial score (nSPS) is 24.1. The van der Waals surface area contributed by atoms with Gasteiger partial charge in [0.25, 0.3) is 0 Å². The molecule has 1 heterocycles. The molecule has 0 aliphatic carbocycles. The molecule has 1 aliphatic rings. The summed E-state index contributed by atoms with van der Waals surface area (Å²) in [5, 5.41) is 3.25. The fourth-order valence-electron chi connectivity index (χ4n) is 2.00. The van der Waals surface area contributed by atoms with Crippen molar-refractivity contribution >= 4 is 9.84 Å². The van der Waals surface area contributed by atoms with Crippen molar-refractivity contribution in [1.82, 2.24) is 5.32 Å². The molecular weight excluding hydrogens is 198 g/mol. The van der Waals surface area contributed by atoms with E-state index < -0.39 is 9.84 Å². The quantitative estimate of drug-likeness (QED) is 0.769. The van der Waals surface area contributed by atoms with Crippen LogP contribution in [0, 0.1) is 11.8 Å². The SMILES string of the molecule is CC(C)CS(=O)(=O)C[C@@H]1CCCNC1. The van der Waals surface area contributed by atoms with E-state index in [2.05, 4.69) is 5.32 Å². The molecule has 0 saturated carbocycles. The summed E-state index contributed by atoms with van der Waals surface area (Å²) in [5.74, 6) is 1.30. The molecule has 0 aromatic heterocycles. The van der Waals surface area contributed by atoms with E-state index in [-0.39, 0.29) is 5.92 Å². The Bertz CT molecular complexity index is 253. The van der Waals surface area contributed by atoms with E-state index in [4.69, 9.17) is 0 Å². The second kappa shape index (κ2) is 5.12. The van der Waals surface area contributed by atoms with Crippen molar-refractivity contribution in [3.8, 4) is 0 Å². The van der Waals surface area contributed by atoms with E-state index in [1.54, 1.807) is 0 Å². The Morgan fingerprint density at radius 2 is 2.14 bits per heavy atom. The van der Waals surface area contributed by atoms with Gasteiger partial charge in [-0.3, -0.25) is 0 Å². The third-order valence-corrected chi connectivity index (χ3v) is 4.63. The zero-order chi connectivity index (χ0) is 10.6. The number of hydrogen-bond acceptors (Lipinski definition) is 3. The molecule has 1 aliphatic heterocycles. The lowest BCUT2D eigenvalue weighted by molar-refractivity contribution is 0.403. The van der Waals surface area contributed by atoms with Crippen LogP contribution < -0.4 is 5.32 Å². The number of piperidine rings is 1. The van der Waals surface area contributed by atoms with Gasteiger partial charge in [0.1, 0.15) is 0 Å². The summed E-state index contributed by atoms with van der Waals surface area (Å²) in [7, 11) is -2.82. The lowest BCUT2D eigenvalue weighted by Gasteiger charge is -2.22. The maximum Gasteiger partial charge on any atom is 0.150 e. The first-order valence-corrected chi connectivity index (χ1v) is 7.23. The second-order valence-electron chi connectivity index (χ2n) is 4.68. The van der Waals surface area contributed by atoms with Gasteiger partial charge in [0, 0.05) is 0 Å². The van der Waals surface area contributed by atoms with Crippen LogP contribution in [0.5, 0.6) is 0 Å². The van der Waals surface area contributed by atoms with Crippen molar-refractivity contribution in [2.45, 2.75) is 26.7 Å². The monoisotopic (exact) mass is 219 g/mol. The molecule has 1 N–H and O–H groups in total. The van der Waals surface area contributed by atoms with E-state index in [1.165, 1.54) is 0 Å². The van der Waals surface area contributed by atoms with E-state index >= 15 is 0 Å². The lowest BCUT2D eigenvalue weighted by atomic mass is 10.0. The van der Waals surface area contributed by atoms with Crippen molar-refractivity contribution < 1.29 is 8.42 Å². The highest BCUT2D eigenvalue weighted by Gasteiger charge is 2.21. The van der Waals surface area contributed by atoms with Gasteiger partial charge < -0.3 is 5.32 Å². The zero-order valence-corrected chi connectivity index (χ0v) is 9.94. The summed E-state index contributed by atoms with van der Waals surface area (Å²) in [5.41, 5.74) is 0. The summed E-state index contributed by atoms with van der Waals surface area (Å²) < 4.78 is 23.4. The molecule has 84 valence electrons. The van der Waals surface area contributed by atoms with Crippen LogP contribution in [0.1, 0.15) is 26.7 Å². The van der Waals surface area contributed by atoms with E-state index in [0.29, 0.717) is 17.4 Å². The summed E-state index contributed by atoms with van der Waals surface area (Å²) in [6.07, 6.45) is 2.17. The third-order valence-electron chi connectivity index (χ3n) is 2.48. The Morgan fingerprint density at radius 3 is 2.64 bits per heavy atom. The van der Waals surface area contributed by atoms with Crippen LogP contribution in [-0.2, 0) is 9.84 Å². The molecule has 0 amide bonds. The molecule has 0 spiro atoms. The molecular formula is C10H21NO2S. The Kier molecular flexibility index (Phi) is 4.38. The van der Waals surface area contributed by atoms with Gasteiger partial charge in [0.15, 0.2) is 9.84 Å². The van der Waals surface area contributed by atoms with Crippen LogP contribution in [0.4, 0.5) is 0 Å². The molecule has 14 heavy (non-hydrogen) atoms. The van der Waals surface area contributed by atoms with Crippen molar-refractivity contribution in [1.29, 1.82) is 0 Å². The van der Waals surface area contributed by atoms with Crippen LogP contribution in [0.25, 0.3) is 0 Å². The molecule has 1 atom stereocenters. The van der Waals surface area contributed by atoms with Gasteiger partial charge in [-0.15, -0.1) is 0 Å². The molecule has 0 aromatic carbocycles. The first-order valence-electron chi connectivity index (χ1n) is 5.41. The summed E-state index contributed by atoms with van der Waals surface area (Å²) in [6, 6.07) is 0. The third kappa shape index (κ3) is 4.42. The van der Waals surface area contributed by atoms with E-state index in [1.807, 2.05) is 13.8 Å². The van der Waals surface area contributed by atoms with Gasteiger partial charge in [-0.2, -0.15) is 0 Å². The Labute approximate surface area is 87.2 Å². The smallest absolute Gasteiger partial charge is 0.150 e. The average Bonchev–Trinajstić information content (AvgIpc) is 2.02. The Hall–Kier alpha value is -0.0900. The topological polar surface area (TPSA) is 46.2 Å². The summed E-state index contributed by atoms with van der Waals surface area (Å²) in [6.45, 7) is 5.82. The second-order valence-corrected chi connectivity index (χ2v) is 6.84. The van der Waals surface area contributed by atoms with E-state index in [9.17, 15) is 8.42 Å². The van der Waals surface area contributed by atoms with Gasteiger partial charge in [-0.1, -0.05) is 13.8 Å². The van der Waals surface area contributed by atoms with Crippen molar-refractivity contribution in [3.63, 3.8) is 0 Å². The van der Waals surface area contributed by atoms with Crippen LogP contribution in [0.15, 0.2) is 0 Å². The molecule has 3 nitrogen and oxygen atoms in total. The predicted octanol–water partition coefficient (Wildman–Crippen LogP) is 1.06. The summed E-state index contributed by atoms with van der Waals surface area (Å²) in [4.78, 5) is 0. The highest BCUT2D eigenvalue weighted by Crippen LogP contribution is 2.14. The van der Waals surface area contributed by atoms with Crippen LogP contribution >= 0.6 is 0 Å². The Morgan fingerprint density at radius 1 is 1.43 bits per heavy atom. The first kappa shape index (κ1) is 12.0. The first-order chi connectivity index (χ1) is 6.49. The molecule has 4 heteroatoms. The minimum atomic E-state index is -2.82. The number of hydrogen-bond donors (Lipinski definition) is 1. The van der Waals surface area contributed by atoms with Crippen molar-refractivity contribution in [3.05, 3.63) is 0 Å².